The number of thiophene rings is 1. The molecule has 21 heavy (non-hydrogen) atoms. The van der Waals surface area contributed by atoms with Crippen LogP contribution in [0.3, 0.4) is 0 Å². The van der Waals surface area contributed by atoms with Gasteiger partial charge in [-0.15, -0.1) is 11.3 Å². The predicted molar refractivity (Wildman–Crippen MR) is 77.2 cm³/mol. The molecule has 7 heteroatoms. The summed E-state index contributed by atoms with van der Waals surface area (Å²) in [5, 5.41) is 12.4. The van der Waals surface area contributed by atoms with Crippen molar-refractivity contribution in [2.75, 3.05) is 5.32 Å². The molecule has 1 amide bonds. The first-order valence-corrected chi connectivity index (χ1v) is 7.42. The molecule has 0 radical (unpaired) electrons. The van der Waals surface area contributed by atoms with E-state index in [1.165, 1.54) is 11.3 Å². The second-order valence-electron chi connectivity index (χ2n) is 4.97. The van der Waals surface area contributed by atoms with E-state index in [0.29, 0.717) is 16.6 Å². The van der Waals surface area contributed by atoms with Gasteiger partial charge in [-0.2, -0.15) is 0 Å². The number of aromatic carboxylic acids is 1. The quantitative estimate of drug-likeness (QED) is 0.909. The lowest BCUT2D eigenvalue weighted by Crippen LogP contribution is -2.14. The second-order valence-corrected chi connectivity index (χ2v) is 6.07. The number of fused-ring (bicyclic) bond motifs is 1. The molecule has 2 N–H and O–H groups in total. The molecule has 1 aliphatic carbocycles. The topological polar surface area (TPSA) is 92.4 Å². The average Bonchev–Trinajstić information content (AvgIpc) is 3.02. The zero-order chi connectivity index (χ0) is 15.1. The zero-order valence-corrected chi connectivity index (χ0v) is 12.5. The fourth-order valence-electron chi connectivity index (χ4n) is 2.62. The summed E-state index contributed by atoms with van der Waals surface area (Å²) >= 11 is 1.34. The Kier molecular flexibility index (Phi) is 3.29. The number of carboxylic acids is 1. The highest BCUT2D eigenvalue weighted by atomic mass is 32.1. The molecule has 0 fully saturated rings. The van der Waals surface area contributed by atoms with Gasteiger partial charge in [-0.25, -0.2) is 9.78 Å². The summed E-state index contributed by atoms with van der Waals surface area (Å²) in [6, 6.07) is 0. The highest BCUT2D eigenvalue weighted by Crippen LogP contribution is 2.39. The maximum absolute atomic E-state index is 12.2. The van der Waals surface area contributed by atoms with Crippen LogP contribution in [-0.2, 0) is 12.8 Å². The summed E-state index contributed by atoms with van der Waals surface area (Å²) in [5.74, 6) is -0.937. The van der Waals surface area contributed by atoms with Crippen molar-refractivity contribution in [2.24, 2.45) is 0 Å². The van der Waals surface area contributed by atoms with E-state index in [2.05, 4.69) is 10.3 Å². The summed E-state index contributed by atoms with van der Waals surface area (Å²) < 4.78 is 5.26. The van der Waals surface area contributed by atoms with Crippen LogP contribution in [0, 0.1) is 13.8 Å². The molecule has 2 aromatic rings. The van der Waals surface area contributed by atoms with Gasteiger partial charge in [-0.05, 0) is 31.7 Å². The number of aryl methyl sites for hydroxylation is 3. The van der Waals surface area contributed by atoms with Crippen LogP contribution in [0.25, 0.3) is 0 Å². The highest BCUT2D eigenvalue weighted by Gasteiger charge is 2.28. The number of amides is 1. The minimum Gasteiger partial charge on any atom is -0.478 e. The van der Waals surface area contributed by atoms with Gasteiger partial charge in [0.2, 0.25) is 5.76 Å². The second kappa shape index (κ2) is 5.00. The molecule has 2 aromatic heterocycles. The third-order valence-corrected chi connectivity index (χ3v) is 4.68. The number of aromatic nitrogens is 1. The van der Waals surface area contributed by atoms with Crippen molar-refractivity contribution in [1.82, 2.24) is 4.98 Å². The van der Waals surface area contributed by atoms with E-state index < -0.39 is 11.9 Å². The number of carbonyl (C=O) groups excluding carboxylic acids is 1. The molecule has 2 heterocycles. The molecule has 0 bridgehead atoms. The summed E-state index contributed by atoms with van der Waals surface area (Å²) in [5.41, 5.74) is 1.56. The maximum Gasteiger partial charge on any atom is 0.339 e. The maximum atomic E-state index is 12.2. The fraction of sp³-hybridized carbons (Fsp3) is 0.357. The van der Waals surface area contributed by atoms with Gasteiger partial charge in [0, 0.05) is 11.8 Å². The highest BCUT2D eigenvalue weighted by molar-refractivity contribution is 7.17. The Labute approximate surface area is 124 Å². The van der Waals surface area contributed by atoms with Gasteiger partial charge in [-0.1, -0.05) is 0 Å². The lowest BCUT2D eigenvalue weighted by molar-refractivity contribution is 0.0697. The van der Waals surface area contributed by atoms with Crippen molar-refractivity contribution in [3.05, 3.63) is 33.3 Å². The number of anilines is 1. The Morgan fingerprint density at radius 1 is 1.33 bits per heavy atom. The number of oxazole rings is 1. The SMILES string of the molecule is Cc1nc(C)c(C(=O)Nc2sc3c(c2C(=O)O)CCC3)o1. The fourth-order valence-corrected chi connectivity index (χ4v) is 3.90. The average molecular weight is 306 g/mol. The van der Waals surface area contributed by atoms with E-state index in [0.717, 1.165) is 29.7 Å². The van der Waals surface area contributed by atoms with E-state index in [4.69, 9.17) is 4.42 Å². The largest absolute Gasteiger partial charge is 0.478 e. The first-order valence-electron chi connectivity index (χ1n) is 6.60. The summed E-state index contributed by atoms with van der Waals surface area (Å²) in [6.45, 7) is 3.34. The molecule has 0 aromatic carbocycles. The van der Waals surface area contributed by atoms with E-state index in [9.17, 15) is 14.7 Å². The zero-order valence-electron chi connectivity index (χ0n) is 11.6. The lowest BCUT2D eigenvalue weighted by Gasteiger charge is -2.03. The Balaban J connectivity index is 1.94. The molecule has 0 saturated heterocycles. The number of nitrogens with one attached hydrogen (secondary N) is 1. The van der Waals surface area contributed by atoms with Gasteiger partial charge < -0.3 is 14.8 Å². The van der Waals surface area contributed by atoms with Gasteiger partial charge in [0.25, 0.3) is 5.91 Å². The number of carbonyl (C=O) groups is 2. The van der Waals surface area contributed by atoms with Crippen molar-refractivity contribution >= 4 is 28.2 Å². The standard InChI is InChI=1S/C14H14N2O4S/c1-6-11(20-7(2)15-6)12(17)16-13-10(14(18)19)8-4-3-5-9(8)21-13/h3-5H2,1-2H3,(H,16,17)(H,18,19). The number of hydrogen-bond donors (Lipinski definition) is 2. The van der Waals surface area contributed by atoms with Crippen LogP contribution >= 0.6 is 11.3 Å². The van der Waals surface area contributed by atoms with Crippen molar-refractivity contribution in [1.29, 1.82) is 0 Å². The van der Waals surface area contributed by atoms with Crippen molar-refractivity contribution in [3.8, 4) is 0 Å². The van der Waals surface area contributed by atoms with Crippen LogP contribution < -0.4 is 5.32 Å². The molecule has 0 aliphatic heterocycles. The smallest absolute Gasteiger partial charge is 0.339 e. The molecule has 0 unspecified atom stereocenters. The number of rotatable bonds is 3. The van der Waals surface area contributed by atoms with Gasteiger partial charge >= 0.3 is 5.97 Å². The molecule has 110 valence electrons. The first kappa shape index (κ1) is 13.8. The van der Waals surface area contributed by atoms with Gasteiger partial charge in [0.1, 0.15) is 5.00 Å². The van der Waals surface area contributed by atoms with Crippen molar-refractivity contribution < 1.29 is 19.1 Å². The molecule has 0 saturated carbocycles. The Hall–Kier alpha value is -2.15. The first-order chi connectivity index (χ1) is 9.97. The van der Waals surface area contributed by atoms with Crippen molar-refractivity contribution in [2.45, 2.75) is 33.1 Å². The Bertz CT molecular complexity index is 744. The van der Waals surface area contributed by atoms with E-state index >= 15 is 0 Å². The molecule has 1 aliphatic rings. The molecule has 6 nitrogen and oxygen atoms in total. The van der Waals surface area contributed by atoms with Crippen molar-refractivity contribution in [3.63, 3.8) is 0 Å². The Morgan fingerprint density at radius 2 is 2.10 bits per heavy atom. The third kappa shape index (κ3) is 2.33. The number of hydrogen-bond acceptors (Lipinski definition) is 5. The van der Waals surface area contributed by atoms with E-state index in [-0.39, 0.29) is 11.3 Å². The Morgan fingerprint density at radius 3 is 2.71 bits per heavy atom. The van der Waals surface area contributed by atoms with Crippen LogP contribution in [0.4, 0.5) is 5.00 Å². The van der Waals surface area contributed by atoms with Crippen LogP contribution in [-0.4, -0.2) is 22.0 Å². The molecule has 0 atom stereocenters. The minimum atomic E-state index is -1.00. The van der Waals surface area contributed by atoms with Gasteiger partial charge in [0.15, 0.2) is 5.89 Å². The monoisotopic (exact) mass is 306 g/mol. The molecular formula is C14H14N2O4S. The number of nitrogens with zero attached hydrogens (tertiary/aromatic N) is 1. The molecule has 0 spiro atoms. The van der Waals surface area contributed by atoms with Crippen LogP contribution in [0.2, 0.25) is 0 Å². The van der Waals surface area contributed by atoms with Crippen LogP contribution in [0.1, 0.15) is 49.4 Å². The number of carboxylic acid groups (broad SMARTS) is 1. The van der Waals surface area contributed by atoms with Crippen LogP contribution in [0.15, 0.2) is 4.42 Å². The predicted octanol–water partition coefficient (Wildman–Crippen LogP) is 2.79. The molecule has 3 rings (SSSR count). The lowest BCUT2D eigenvalue weighted by atomic mass is 10.1. The summed E-state index contributed by atoms with van der Waals surface area (Å²) in [6.07, 6.45) is 2.59. The van der Waals surface area contributed by atoms with Gasteiger partial charge in [0.05, 0.1) is 11.3 Å². The van der Waals surface area contributed by atoms with Crippen LogP contribution in [0.5, 0.6) is 0 Å². The summed E-state index contributed by atoms with van der Waals surface area (Å²) in [7, 11) is 0. The van der Waals surface area contributed by atoms with Gasteiger partial charge in [-0.3, -0.25) is 4.79 Å². The minimum absolute atomic E-state index is 0.123. The van der Waals surface area contributed by atoms with E-state index in [1.54, 1.807) is 13.8 Å². The third-order valence-electron chi connectivity index (χ3n) is 3.47. The normalized spacial score (nSPS) is 13.2. The summed E-state index contributed by atoms with van der Waals surface area (Å²) in [4.78, 5) is 28.8. The van der Waals surface area contributed by atoms with E-state index in [1.807, 2.05) is 0 Å². The molecular weight excluding hydrogens is 292 g/mol.